The second-order valence-electron chi connectivity index (χ2n) is 4.42. The number of benzene rings is 1. The minimum absolute atomic E-state index is 0.0636. The third kappa shape index (κ3) is 4.93. The molecule has 0 spiro atoms. The molecule has 0 aliphatic rings. The fraction of sp³-hybridized carbons (Fsp3) is 0.250. The van der Waals surface area contributed by atoms with E-state index in [0.717, 1.165) is 5.56 Å². The molecule has 0 bridgehead atoms. The number of ether oxygens (including phenoxy) is 2. The van der Waals surface area contributed by atoms with Gasteiger partial charge in [-0.2, -0.15) is 0 Å². The number of halogens is 1. The maximum absolute atomic E-state index is 11.8. The molecule has 6 heteroatoms. The lowest BCUT2D eigenvalue weighted by Crippen LogP contribution is -2.28. The Labute approximate surface area is 134 Å². The number of nitrogens with zero attached hydrogens (tertiary/aromatic N) is 1. The smallest absolute Gasteiger partial charge is 0.258 e. The van der Waals surface area contributed by atoms with E-state index >= 15 is 0 Å². The van der Waals surface area contributed by atoms with Crippen LogP contribution in [0.4, 0.5) is 0 Å². The highest BCUT2D eigenvalue weighted by molar-refractivity contribution is 6.30. The summed E-state index contributed by atoms with van der Waals surface area (Å²) in [5, 5.41) is 3.39. The Morgan fingerprint density at radius 1 is 1.23 bits per heavy atom. The van der Waals surface area contributed by atoms with Crippen molar-refractivity contribution in [1.82, 2.24) is 10.3 Å². The number of rotatable bonds is 7. The van der Waals surface area contributed by atoms with Gasteiger partial charge in [-0.25, -0.2) is 4.98 Å². The number of nitrogens with one attached hydrogen (secondary N) is 1. The second-order valence-corrected chi connectivity index (χ2v) is 4.86. The SMILES string of the molecule is CCOc1ncccc1CNC(=O)COc1ccc(Cl)cc1. The molecule has 2 rings (SSSR count). The predicted molar refractivity (Wildman–Crippen MR) is 84.2 cm³/mol. The normalized spacial score (nSPS) is 10.1. The molecule has 0 aliphatic heterocycles. The summed E-state index contributed by atoms with van der Waals surface area (Å²) in [5.74, 6) is 0.904. The van der Waals surface area contributed by atoms with Crippen LogP contribution in [0.2, 0.25) is 5.02 Å². The van der Waals surface area contributed by atoms with Gasteiger partial charge in [0, 0.05) is 23.3 Å². The number of pyridine rings is 1. The maximum atomic E-state index is 11.8. The van der Waals surface area contributed by atoms with Crippen LogP contribution in [0.1, 0.15) is 12.5 Å². The van der Waals surface area contributed by atoms with E-state index in [1.165, 1.54) is 0 Å². The first-order valence-electron chi connectivity index (χ1n) is 6.90. The van der Waals surface area contributed by atoms with E-state index in [4.69, 9.17) is 21.1 Å². The van der Waals surface area contributed by atoms with Crippen LogP contribution < -0.4 is 14.8 Å². The van der Waals surface area contributed by atoms with E-state index in [1.807, 2.05) is 13.0 Å². The van der Waals surface area contributed by atoms with Crippen LogP contribution >= 0.6 is 11.6 Å². The molecule has 0 radical (unpaired) electrons. The Morgan fingerprint density at radius 2 is 2.00 bits per heavy atom. The van der Waals surface area contributed by atoms with Crippen LogP contribution in [0, 0.1) is 0 Å². The van der Waals surface area contributed by atoms with Crippen molar-refractivity contribution in [3.8, 4) is 11.6 Å². The lowest BCUT2D eigenvalue weighted by molar-refractivity contribution is -0.123. The Balaban J connectivity index is 1.81. The van der Waals surface area contributed by atoms with Crippen molar-refractivity contribution in [1.29, 1.82) is 0 Å². The molecule has 0 saturated heterocycles. The molecule has 0 unspecified atom stereocenters. The van der Waals surface area contributed by atoms with Gasteiger partial charge >= 0.3 is 0 Å². The molecular formula is C16H17ClN2O3. The summed E-state index contributed by atoms with van der Waals surface area (Å²) in [6.45, 7) is 2.69. The van der Waals surface area contributed by atoms with Crippen LogP contribution in [0.15, 0.2) is 42.6 Å². The van der Waals surface area contributed by atoms with E-state index in [2.05, 4.69) is 10.3 Å². The summed E-state index contributed by atoms with van der Waals surface area (Å²) in [5.41, 5.74) is 0.823. The highest BCUT2D eigenvalue weighted by atomic mass is 35.5. The van der Waals surface area contributed by atoms with E-state index in [9.17, 15) is 4.79 Å². The van der Waals surface area contributed by atoms with Crippen molar-refractivity contribution in [3.63, 3.8) is 0 Å². The van der Waals surface area contributed by atoms with E-state index < -0.39 is 0 Å². The average Bonchev–Trinajstić information content (AvgIpc) is 2.54. The van der Waals surface area contributed by atoms with Crippen LogP contribution in [0.5, 0.6) is 11.6 Å². The van der Waals surface area contributed by atoms with E-state index in [-0.39, 0.29) is 12.5 Å². The minimum Gasteiger partial charge on any atom is -0.484 e. The monoisotopic (exact) mass is 320 g/mol. The number of carbonyl (C=O) groups excluding carboxylic acids is 1. The summed E-state index contributed by atoms with van der Waals surface area (Å²) in [6, 6.07) is 10.5. The fourth-order valence-corrected chi connectivity index (χ4v) is 1.88. The van der Waals surface area contributed by atoms with Gasteiger partial charge in [-0.15, -0.1) is 0 Å². The van der Waals surface area contributed by atoms with Crippen LogP contribution in [-0.2, 0) is 11.3 Å². The topological polar surface area (TPSA) is 60.5 Å². The molecule has 1 N–H and O–H groups in total. The summed E-state index contributed by atoms with van der Waals surface area (Å²) >= 11 is 5.78. The molecule has 1 aromatic heterocycles. The Morgan fingerprint density at radius 3 is 2.73 bits per heavy atom. The van der Waals surface area contributed by atoms with Gasteiger partial charge in [0.2, 0.25) is 5.88 Å². The molecule has 1 heterocycles. The summed E-state index contributed by atoms with van der Waals surface area (Å²) in [6.07, 6.45) is 1.65. The van der Waals surface area contributed by atoms with Crippen LogP contribution in [0.25, 0.3) is 0 Å². The van der Waals surface area contributed by atoms with E-state index in [0.29, 0.717) is 29.8 Å². The van der Waals surface area contributed by atoms with Gasteiger partial charge in [0.05, 0.1) is 6.61 Å². The molecular weight excluding hydrogens is 304 g/mol. The van der Waals surface area contributed by atoms with Crippen molar-refractivity contribution < 1.29 is 14.3 Å². The quantitative estimate of drug-likeness (QED) is 0.852. The summed E-state index contributed by atoms with van der Waals surface area (Å²) in [4.78, 5) is 15.9. The third-order valence-corrected chi connectivity index (χ3v) is 3.04. The zero-order chi connectivity index (χ0) is 15.8. The van der Waals surface area contributed by atoms with Gasteiger partial charge in [0.15, 0.2) is 6.61 Å². The highest BCUT2D eigenvalue weighted by Gasteiger charge is 2.07. The lowest BCUT2D eigenvalue weighted by Gasteiger charge is -2.10. The largest absolute Gasteiger partial charge is 0.484 e. The van der Waals surface area contributed by atoms with Crippen molar-refractivity contribution in [2.45, 2.75) is 13.5 Å². The van der Waals surface area contributed by atoms with Gasteiger partial charge in [0.25, 0.3) is 5.91 Å². The summed E-state index contributed by atoms with van der Waals surface area (Å²) < 4.78 is 10.8. The van der Waals surface area contributed by atoms with Crippen molar-refractivity contribution in [2.75, 3.05) is 13.2 Å². The standard InChI is InChI=1S/C16H17ClN2O3/c1-2-21-16-12(4-3-9-18-16)10-19-15(20)11-22-14-7-5-13(17)6-8-14/h3-9H,2,10-11H2,1H3,(H,19,20). The third-order valence-electron chi connectivity index (χ3n) is 2.79. The van der Waals surface area contributed by atoms with Crippen LogP contribution in [0.3, 0.4) is 0 Å². The highest BCUT2D eigenvalue weighted by Crippen LogP contribution is 2.16. The molecule has 1 aromatic carbocycles. The van der Waals surface area contributed by atoms with Gasteiger partial charge in [0.1, 0.15) is 5.75 Å². The van der Waals surface area contributed by atoms with Crippen molar-refractivity contribution in [2.24, 2.45) is 0 Å². The number of aromatic nitrogens is 1. The summed E-state index contributed by atoms with van der Waals surface area (Å²) in [7, 11) is 0. The molecule has 22 heavy (non-hydrogen) atoms. The molecule has 1 amide bonds. The van der Waals surface area contributed by atoms with Gasteiger partial charge in [-0.3, -0.25) is 4.79 Å². The zero-order valence-corrected chi connectivity index (χ0v) is 13.0. The molecule has 116 valence electrons. The van der Waals surface area contributed by atoms with Gasteiger partial charge in [-0.1, -0.05) is 17.7 Å². The Hall–Kier alpha value is -2.27. The zero-order valence-electron chi connectivity index (χ0n) is 12.2. The first kappa shape index (κ1) is 16.1. The Kier molecular flexibility index (Phi) is 6.03. The number of hydrogen-bond acceptors (Lipinski definition) is 4. The second kappa shape index (κ2) is 8.24. The first-order valence-corrected chi connectivity index (χ1v) is 7.28. The average molecular weight is 321 g/mol. The molecule has 0 atom stereocenters. The van der Waals surface area contributed by atoms with Gasteiger partial charge < -0.3 is 14.8 Å². The van der Waals surface area contributed by atoms with Crippen molar-refractivity contribution in [3.05, 3.63) is 53.2 Å². The fourth-order valence-electron chi connectivity index (χ4n) is 1.75. The predicted octanol–water partition coefficient (Wildman–Crippen LogP) is 2.83. The first-order chi connectivity index (χ1) is 10.7. The molecule has 0 fully saturated rings. The van der Waals surface area contributed by atoms with Crippen molar-refractivity contribution >= 4 is 17.5 Å². The minimum atomic E-state index is -0.221. The Bertz CT molecular complexity index is 617. The number of carbonyl (C=O) groups is 1. The van der Waals surface area contributed by atoms with Gasteiger partial charge in [-0.05, 0) is 37.3 Å². The number of amides is 1. The molecule has 5 nitrogen and oxygen atoms in total. The number of hydrogen-bond donors (Lipinski definition) is 1. The maximum Gasteiger partial charge on any atom is 0.258 e. The molecule has 2 aromatic rings. The lowest BCUT2D eigenvalue weighted by atomic mass is 10.2. The molecule has 0 aliphatic carbocycles. The van der Waals surface area contributed by atoms with Crippen LogP contribution in [-0.4, -0.2) is 24.1 Å². The van der Waals surface area contributed by atoms with E-state index in [1.54, 1.807) is 36.5 Å². The molecule has 0 saturated carbocycles.